The molecule has 1 aliphatic heterocycles. The van der Waals surface area contributed by atoms with Gasteiger partial charge in [0, 0.05) is 25.7 Å². The molecule has 1 saturated heterocycles. The zero-order valence-electron chi connectivity index (χ0n) is 15.2. The Labute approximate surface area is 146 Å². The van der Waals surface area contributed by atoms with Gasteiger partial charge in [-0.05, 0) is 43.4 Å². The third kappa shape index (κ3) is 5.28. The summed E-state index contributed by atoms with van der Waals surface area (Å²) in [6.07, 6.45) is 0.968. The summed E-state index contributed by atoms with van der Waals surface area (Å²) in [5.41, 5.74) is 1.73. The van der Waals surface area contributed by atoms with Gasteiger partial charge in [0.15, 0.2) is 0 Å². The molecule has 0 unspecified atom stereocenters. The molecule has 0 saturated carbocycles. The normalized spacial score (nSPS) is 18.0. The van der Waals surface area contributed by atoms with E-state index in [9.17, 15) is 8.42 Å². The number of aryl methyl sites for hydroxylation is 2. The highest BCUT2D eigenvalue weighted by Gasteiger charge is 2.25. The zero-order valence-corrected chi connectivity index (χ0v) is 16.0. The van der Waals surface area contributed by atoms with Crippen LogP contribution in [0.4, 0.5) is 0 Å². The highest BCUT2D eigenvalue weighted by atomic mass is 32.2. The maximum atomic E-state index is 12.7. The molecule has 136 valence electrons. The van der Waals surface area contributed by atoms with E-state index in [4.69, 9.17) is 4.74 Å². The van der Waals surface area contributed by atoms with Crippen molar-refractivity contribution in [2.75, 3.05) is 32.8 Å². The molecule has 24 heavy (non-hydrogen) atoms. The van der Waals surface area contributed by atoms with Crippen LogP contribution in [0.3, 0.4) is 0 Å². The monoisotopic (exact) mass is 354 g/mol. The van der Waals surface area contributed by atoms with E-state index in [1.54, 1.807) is 6.07 Å². The van der Waals surface area contributed by atoms with E-state index in [1.807, 2.05) is 26.0 Å². The fourth-order valence-corrected chi connectivity index (χ4v) is 4.53. The van der Waals surface area contributed by atoms with Crippen molar-refractivity contribution in [3.8, 4) is 0 Å². The maximum Gasteiger partial charge on any atom is 0.240 e. The number of nitrogens with zero attached hydrogens (tertiary/aromatic N) is 1. The van der Waals surface area contributed by atoms with E-state index in [2.05, 4.69) is 23.5 Å². The predicted octanol–water partition coefficient (Wildman–Crippen LogP) is 2.33. The average Bonchev–Trinajstić information content (AvgIpc) is 2.54. The second-order valence-corrected chi connectivity index (χ2v) is 8.79. The lowest BCUT2D eigenvalue weighted by Gasteiger charge is -2.35. The van der Waals surface area contributed by atoms with Gasteiger partial charge in [-0.2, -0.15) is 0 Å². The Kier molecular flexibility index (Phi) is 6.80. The Morgan fingerprint density at radius 2 is 1.88 bits per heavy atom. The summed E-state index contributed by atoms with van der Waals surface area (Å²) in [5, 5.41) is 0. The summed E-state index contributed by atoms with van der Waals surface area (Å²) in [4.78, 5) is 2.72. The lowest BCUT2D eigenvalue weighted by Crippen LogP contribution is -2.49. The summed E-state index contributed by atoms with van der Waals surface area (Å²) < 4.78 is 33.7. The molecule has 1 fully saturated rings. The smallest absolute Gasteiger partial charge is 0.240 e. The molecule has 0 bridgehead atoms. The van der Waals surface area contributed by atoms with E-state index < -0.39 is 10.0 Å². The van der Waals surface area contributed by atoms with Crippen molar-refractivity contribution in [3.05, 3.63) is 29.3 Å². The Bertz CT molecular complexity index is 638. The first-order valence-electron chi connectivity index (χ1n) is 8.68. The molecular weight excluding hydrogens is 324 g/mol. The highest BCUT2D eigenvalue weighted by molar-refractivity contribution is 7.89. The molecule has 0 radical (unpaired) electrons. The number of benzene rings is 1. The van der Waals surface area contributed by atoms with Crippen molar-refractivity contribution in [2.24, 2.45) is 5.92 Å². The molecule has 0 aliphatic carbocycles. The third-order valence-electron chi connectivity index (χ3n) is 4.45. The van der Waals surface area contributed by atoms with Crippen LogP contribution in [0.1, 0.15) is 31.4 Å². The Hall–Kier alpha value is -0.950. The summed E-state index contributed by atoms with van der Waals surface area (Å²) in [5.74, 6) is 0.517. The molecule has 0 amide bonds. The molecular formula is C18H30N2O3S. The Morgan fingerprint density at radius 1 is 1.21 bits per heavy atom. The first kappa shape index (κ1) is 19.4. The number of ether oxygens (including phenoxy) is 1. The largest absolute Gasteiger partial charge is 0.379 e. The van der Waals surface area contributed by atoms with Crippen molar-refractivity contribution in [1.82, 2.24) is 9.62 Å². The van der Waals surface area contributed by atoms with Gasteiger partial charge < -0.3 is 4.74 Å². The van der Waals surface area contributed by atoms with Crippen molar-refractivity contribution < 1.29 is 13.2 Å². The van der Waals surface area contributed by atoms with Gasteiger partial charge in [-0.1, -0.05) is 26.0 Å². The highest BCUT2D eigenvalue weighted by Crippen LogP contribution is 2.18. The van der Waals surface area contributed by atoms with Gasteiger partial charge in [0.25, 0.3) is 0 Å². The molecule has 1 aliphatic rings. The van der Waals surface area contributed by atoms with E-state index in [0.29, 0.717) is 17.4 Å². The van der Waals surface area contributed by atoms with Crippen LogP contribution in [0.5, 0.6) is 0 Å². The average molecular weight is 355 g/mol. The van der Waals surface area contributed by atoms with Crippen LogP contribution >= 0.6 is 0 Å². The van der Waals surface area contributed by atoms with Crippen molar-refractivity contribution in [2.45, 2.75) is 45.1 Å². The summed E-state index contributed by atoms with van der Waals surface area (Å²) in [6.45, 7) is 11.7. The number of morpholine rings is 1. The van der Waals surface area contributed by atoms with Crippen molar-refractivity contribution in [3.63, 3.8) is 0 Å². The molecule has 0 spiro atoms. The van der Waals surface area contributed by atoms with Gasteiger partial charge in [0.05, 0.1) is 18.1 Å². The van der Waals surface area contributed by atoms with Gasteiger partial charge in [0.1, 0.15) is 0 Å². The quantitative estimate of drug-likeness (QED) is 0.816. The minimum absolute atomic E-state index is 0.203. The van der Waals surface area contributed by atoms with Crippen LogP contribution in [-0.2, 0) is 14.8 Å². The van der Waals surface area contributed by atoms with Crippen LogP contribution < -0.4 is 4.72 Å². The maximum absolute atomic E-state index is 12.7. The van der Waals surface area contributed by atoms with E-state index in [0.717, 1.165) is 43.9 Å². The molecule has 1 heterocycles. The molecule has 1 N–H and O–H groups in total. The summed E-state index contributed by atoms with van der Waals surface area (Å²) >= 11 is 0. The second kappa shape index (κ2) is 8.43. The summed E-state index contributed by atoms with van der Waals surface area (Å²) in [7, 11) is -3.49. The number of hydrogen-bond acceptors (Lipinski definition) is 4. The van der Waals surface area contributed by atoms with Gasteiger partial charge >= 0.3 is 0 Å². The fraction of sp³-hybridized carbons (Fsp3) is 0.667. The molecule has 1 aromatic carbocycles. The topological polar surface area (TPSA) is 58.6 Å². The van der Waals surface area contributed by atoms with Crippen LogP contribution in [0, 0.1) is 19.8 Å². The molecule has 5 nitrogen and oxygen atoms in total. The predicted molar refractivity (Wildman–Crippen MR) is 96.7 cm³/mol. The number of rotatable bonds is 7. The third-order valence-corrected chi connectivity index (χ3v) is 6.01. The van der Waals surface area contributed by atoms with Crippen LogP contribution in [0.2, 0.25) is 0 Å². The standard InChI is InChI=1S/C18H30N2O3S/c1-14(2)11-17(20-7-9-23-10-8-20)13-19-24(21,22)18-12-15(3)5-6-16(18)4/h5-6,12,14,17,19H,7-11,13H2,1-4H3/t17-/m0/s1. The first-order valence-corrected chi connectivity index (χ1v) is 10.2. The van der Waals surface area contributed by atoms with Gasteiger partial charge in [-0.25, -0.2) is 13.1 Å². The molecule has 6 heteroatoms. The van der Waals surface area contributed by atoms with E-state index >= 15 is 0 Å². The Balaban J connectivity index is 2.10. The molecule has 1 aromatic rings. The second-order valence-electron chi connectivity index (χ2n) is 7.05. The SMILES string of the molecule is Cc1ccc(C)c(S(=O)(=O)NC[C@H](CC(C)C)N2CCOCC2)c1. The fourth-order valence-electron chi connectivity index (χ4n) is 3.13. The Morgan fingerprint density at radius 3 is 2.50 bits per heavy atom. The van der Waals surface area contributed by atoms with Crippen LogP contribution in [0.15, 0.2) is 23.1 Å². The minimum Gasteiger partial charge on any atom is -0.379 e. The van der Waals surface area contributed by atoms with Gasteiger partial charge in [0.2, 0.25) is 10.0 Å². The van der Waals surface area contributed by atoms with Crippen LogP contribution in [-0.4, -0.2) is 52.2 Å². The van der Waals surface area contributed by atoms with Gasteiger partial charge in [-0.15, -0.1) is 0 Å². The lowest BCUT2D eigenvalue weighted by molar-refractivity contribution is 0.0134. The number of nitrogens with one attached hydrogen (secondary N) is 1. The van der Waals surface area contributed by atoms with Crippen molar-refractivity contribution >= 4 is 10.0 Å². The molecule has 1 atom stereocenters. The lowest BCUT2D eigenvalue weighted by atomic mass is 10.0. The van der Waals surface area contributed by atoms with Gasteiger partial charge in [-0.3, -0.25) is 4.90 Å². The van der Waals surface area contributed by atoms with Crippen molar-refractivity contribution in [1.29, 1.82) is 0 Å². The molecule has 0 aromatic heterocycles. The zero-order chi connectivity index (χ0) is 17.7. The van der Waals surface area contributed by atoms with Crippen LogP contribution in [0.25, 0.3) is 0 Å². The number of hydrogen-bond donors (Lipinski definition) is 1. The molecule has 2 rings (SSSR count). The summed E-state index contributed by atoms with van der Waals surface area (Å²) in [6, 6.07) is 5.74. The number of sulfonamides is 1. The first-order chi connectivity index (χ1) is 11.3. The van der Waals surface area contributed by atoms with E-state index in [1.165, 1.54) is 0 Å². The minimum atomic E-state index is -3.49. The van der Waals surface area contributed by atoms with E-state index in [-0.39, 0.29) is 6.04 Å².